The van der Waals surface area contributed by atoms with Gasteiger partial charge in [-0.2, -0.15) is 0 Å². The molecule has 1 heterocycles. The minimum absolute atomic E-state index is 0.389. The van der Waals surface area contributed by atoms with E-state index in [0.29, 0.717) is 12.2 Å². The lowest BCUT2D eigenvalue weighted by atomic mass is 10.0. The van der Waals surface area contributed by atoms with Gasteiger partial charge in [0.05, 0.1) is 5.69 Å². The molecule has 0 unspecified atom stereocenters. The Morgan fingerprint density at radius 1 is 0.844 bits per heavy atom. The Balaban J connectivity index is 1.52. The van der Waals surface area contributed by atoms with Crippen LogP contribution in [0, 0.1) is 0 Å². The average molecular weight is 424 g/mol. The van der Waals surface area contributed by atoms with Crippen LogP contribution in [-0.2, 0) is 17.6 Å². The Bertz CT molecular complexity index is 1160. The maximum absolute atomic E-state index is 12.0. The highest BCUT2D eigenvalue weighted by molar-refractivity contribution is 5.78. The number of hydrogen-bond donors (Lipinski definition) is 1. The van der Waals surface area contributed by atoms with E-state index in [4.69, 9.17) is 0 Å². The van der Waals surface area contributed by atoms with Crippen molar-refractivity contribution in [3.05, 3.63) is 114 Å². The fourth-order valence-corrected chi connectivity index (χ4v) is 3.71. The van der Waals surface area contributed by atoms with Gasteiger partial charge in [0.25, 0.3) is 0 Å². The van der Waals surface area contributed by atoms with Crippen LogP contribution in [0.1, 0.15) is 16.7 Å². The SMILES string of the molecule is CN(c1cc(-c2ccc(Cc3ccccc3)cc2)ncn1)[C@@H](Cc1ccccc1)C(=O)O. The Morgan fingerprint density at radius 3 is 2.06 bits per heavy atom. The standard InChI is InChI=1S/C27H25N3O2/c1-30(25(27(31)32)17-21-10-6-3-7-11-21)26-18-24(28-19-29-26)23-14-12-22(13-15-23)16-20-8-4-2-5-9-20/h2-15,18-19,25H,16-17H2,1H3,(H,31,32)/t25-/m0/s1. The van der Waals surface area contributed by atoms with Crippen molar-refractivity contribution in [2.45, 2.75) is 18.9 Å². The molecule has 0 aliphatic heterocycles. The van der Waals surface area contributed by atoms with E-state index in [-0.39, 0.29) is 0 Å². The van der Waals surface area contributed by atoms with Gasteiger partial charge in [-0.05, 0) is 23.1 Å². The summed E-state index contributed by atoms with van der Waals surface area (Å²) < 4.78 is 0. The number of benzene rings is 3. The fourth-order valence-electron chi connectivity index (χ4n) is 3.71. The average Bonchev–Trinajstić information content (AvgIpc) is 2.84. The predicted molar refractivity (Wildman–Crippen MR) is 127 cm³/mol. The molecule has 0 spiro atoms. The largest absolute Gasteiger partial charge is 0.480 e. The summed E-state index contributed by atoms with van der Waals surface area (Å²) in [5.74, 6) is -0.312. The van der Waals surface area contributed by atoms with Crippen molar-refractivity contribution in [1.82, 2.24) is 9.97 Å². The zero-order valence-corrected chi connectivity index (χ0v) is 17.9. The van der Waals surface area contributed by atoms with E-state index >= 15 is 0 Å². The van der Waals surface area contributed by atoms with Crippen LogP contribution in [0.15, 0.2) is 97.3 Å². The van der Waals surface area contributed by atoms with Crippen molar-refractivity contribution in [1.29, 1.82) is 0 Å². The van der Waals surface area contributed by atoms with Crippen molar-refractivity contribution in [3.63, 3.8) is 0 Å². The maximum Gasteiger partial charge on any atom is 0.326 e. The quantitative estimate of drug-likeness (QED) is 0.438. The first-order valence-corrected chi connectivity index (χ1v) is 10.5. The third kappa shape index (κ3) is 5.19. The number of aromatic nitrogens is 2. The number of aliphatic carboxylic acids is 1. The van der Waals surface area contributed by atoms with Crippen molar-refractivity contribution in [3.8, 4) is 11.3 Å². The number of carboxylic acid groups (broad SMARTS) is 1. The van der Waals surface area contributed by atoms with Crippen LogP contribution in [-0.4, -0.2) is 34.1 Å². The second kappa shape index (κ2) is 9.88. The minimum Gasteiger partial charge on any atom is -0.480 e. The molecular formula is C27H25N3O2. The summed E-state index contributed by atoms with van der Waals surface area (Å²) in [7, 11) is 1.76. The van der Waals surface area contributed by atoms with Crippen molar-refractivity contribution in [2.75, 3.05) is 11.9 Å². The second-order valence-electron chi connectivity index (χ2n) is 7.78. The first-order chi connectivity index (χ1) is 15.6. The van der Waals surface area contributed by atoms with Crippen molar-refractivity contribution >= 4 is 11.8 Å². The lowest BCUT2D eigenvalue weighted by molar-refractivity contribution is -0.138. The van der Waals surface area contributed by atoms with Gasteiger partial charge in [-0.25, -0.2) is 14.8 Å². The van der Waals surface area contributed by atoms with Crippen LogP contribution in [0.4, 0.5) is 5.82 Å². The van der Waals surface area contributed by atoms with E-state index in [1.165, 1.54) is 17.5 Å². The van der Waals surface area contributed by atoms with E-state index in [1.807, 2.05) is 66.7 Å². The monoisotopic (exact) mass is 423 g/mol. The van der Waals surface area contributed by atoms with E-state index in [1.54, 1.807) is 11.9 Å². The first-order valence-electron chi connectivity index (χ1n) is 10.5. The summed E-state index contributed by atoms with van der Waals surface area (Å²) in [5.41, 5.74) is 5.19. The van der Waals surface area contributed by atoms with Gasteiger partial charge in [0.2, 0.25) is 0 Å². The third-order valence-electron chi connectivity index (χ3n) is 5.54. The maximum atomic E-state index is 12.0. The molecule has 0 radical (unpaired) electrons. The number of hydrogen-bond acceptors (Lipinski definition) is 4. The molecule has 4 rings (SSSR count). The van der Waals surface area contributed by atoms with Crippen LogP contribution >= 0.6 is 0 Å². The highest BCUT2D eigenvalue weighted by Gasteiger charge is 2.24. The Kier molecular flexibility index (Phi) is 6.56. The molecule has 0 fully saturated rings. The van der Waals surface area contributed by atoms with Crippen LogP contribution < -0.4 is 4.90 Å². The van der Waals surface area contributed by atoms with Gasteiger partial charge in [0.1, 0.15) is 18.2 Å². The Morgan fingerprint density at radius 2 is 1.44 bits per heavy atom. The van der Waals surface area contributed by atoms with Gasteiger partial charge in [0, 0.05) is 25.1 Å². The summed E-state index contributed by atoms with van der Waals surface area (Å²) in [5, 5.41) is 9.82. The number of rotatable bonds is 8. The second-order valence-corrected chi connectivity index (χ2v) is 7.78. The van der Waals surface area contributed by atoms with E-state index in [9.17, 15) is 9.90 Å². The highest BCUT2D eigenvalue weighted by atomic mass is 16.4. The summed E-state index contributed by atoms with van der Waals surface area (Å²) in [6.45, 7) is 0. The molecule has 0 amide bonds. The normalized spacial score (nSPS) is 11.7. The molecule has 5 heteroatoms. The molecular weight excluding hydrogens is 398 g/mol. The predicted octanol–water partition coefficient (Wildman–Crippen LogP) is 4.87. The topological polar surface area (TPSA) is 66.3 Å². The molecule has 1 N–H and O–H groups in total. The highest BCUT2D eigenvalue weighted by Crippen LogP contribution is 2.23. The van der Waals surface area contributed by atoms with Crippen LogP contribution in [0.2, 0.25) is 0 Å². The third-order valence-corrected chi connectivity index (χ3v) is 5.54. The van der Waals surface area contributed by atoms with E-state index in [0.717, 1.165) is 23.2 Å². The van der Waals surface area contributed by atoms with Gasteiger partial charge >= 0.3 is 5.97 Å². The fraction of sp³-hybridized carbons (Fsp3) is 0.148. The van der Waals surface area contributed by atoms with Crippen molar-refractivity contribution in [2.24, 2.45) is 0 Å². The van der Waals surface area contributed by atoms with Crippen LogP contribution in [0.3, 0.4) is 0 Å². The Labute approximate surface area is 188 Å². The molecule has 4 aromatic rings. The molecule has 0 bridgehead atoms. The minimum atomic E-state index is -0.887. The molecule has 0 saturated carbocycles. The molecule has 0 aliphatic carbocycles. The van der Waals surface area contributed by atoms with Gasteiger partial charge in [-0.15, -0.1) is 0 Å². The summed E-state index contributed by atoms with van der Waals surface area (Å²) in [4.78, 5) is 22.4. The zero-order chi connectivity index (χ0) is 22.3. The molecule has 0 saturated heterocycles. The number of carbonyl (C=O) groups is 1. The summed E-state index contributed by atoms with van der Waals surface area (Å²) in [6.07, 6.45) is 2.75. The molecule has 5 nitrogen and oxygen atoms in total. The lowest BCUT2D eigenvalue weighted by Gasteiger charge is -2.26. The Hall–Kier alpha value is -3.99. The smallest absolute Gasteiger partial charge is 0.326 e. The van der Waals surface area contributed by atoms with Crippen LogP contribution in [0.25, 0.3) is 11.3 Å². The van der Waals surface area contributed by atoms with Crippen LogP contribution in [0.5, 0.6) is 0 Å². The van der Waals surface area contributed by atoms with Gasteiger partial charge < -0.3 is 10.0 Å². The van der Waals surface area contributed by atoms with E-state index in [2.05, 4.69) is 34.2 Å². The number of nitrogens with zero attached hydrogens (tertiary/aromatic N) is 3. The van der Waals surface area contributed by atoms with Crippen molar-refractivity contribution < 1.29 is 9.90 Å². The van der Waals surface area contributed by atoms with Gasteiger partial charge in [-0.3, -0.25) is 0 Å². The van der Waals surface area contributed by atoms with Gasteiger partial charge in [-0.1, -0.05) is 84.9 Å². The molecule has 3 aromatic carbocycles. The molecule has 1 atom stereocenters. The van der Waals surface area contributed by atoms with E-state index < -0.39 is 12.0 Å². The summed E-state index contributed by atoms with van der Waals surface area (Å²) >= 11 is 0. The first kappa shape index (κ1) is 21.2. The van der Waals surface area contributed by atoms with Gasteiger partial charge in [0.15, 0.2) is 0 Å². The number of likely N-dealkylation sites (N-methyl/N-ethyl adjacent to an activating group) is 1. The molecule has 0 aliphatic rings. The molecule has 160 valence electrons. The molecule has 32 heavy (non-hydrogen) atoms. The number of carboxylic acids is 1. The molecule has 1 aromatic heterocycles. The zero-order valence-electron chi connectivity index (χ0n) is 17.9. The lowest BCUT2D eigenvalue weighted by Crippen LogP contribution is -2.40. The summed E-state index contributed by atoms with van der Waals surface area (Å²) in [6, 6.07) is 29.4. The number of anilines is 1.